The standard InChI is InChI=1S/C20H32N2O3S/c1-14-8-9-16(15(2)12-14)13-21-18(23)17(10-11-26(6)7)22-19(24)25-20(3,4)5/h8-9,12,17H,10-11,13H2,1-7H3,(H-,21,22,23,24)/p+1/t17-/m0/s1. The summed E-state index contributed by atoms with van der Waals surface area (Å²) in [4.78, 5) is 24.7. The summed E-state index contributed by atoms with van der Waals surface area (Å²) in [6.45, 7) is 9.93. The molecule has 1 rings (SSSR count). The van der Waals surface area contributed by atoms with Crippen molar-refractivity contribution in [2.75, 3.05) is 18.3 Å². The molecule has 0 unspecified atom stereocenters. The van der Waals surface area contributed by atoms with Gasteiger partial charge in [-0.2, -0.15) is 0 Å². The maximum atomic E-state index is 12.6. The molecule has 6 heteroatoms. The van der Waals surface area contributed by atoms with E-state index in [1.54, 1.807) is 20.8 Å². The van der Waals surface area contributed by atoms with Crippen LogP contribution in [0.4, 0.5) is 4.79 Å². The molecular formula is C20H33N2O3S+. The van der Waals surface area contributed by atoms with Crippen molar-refractivity contribution in [1.29, 1.82) is 0 Å². The lowest BCUT2D eigenvalue weighted by molar-refractivity contribution is -0.123. The maximum Gasteiger partial charge on any atom is 0.408 e. The minimum Gasteiger partial charge on any atom is -0.444 e. The van der Waals surface area contributed by atoms with Gasteiger partial charge in [0.1, 0.15) is 17.4 Å². The van der Waals surface area contributed by atoms with Gasteiger partial charge < -0.3 is 15.4 Å². The maximum absolute atomic E-state index is 12.6. The minimum absolute atomic E-state index is 0.179. The number of hydrogen-bond donors (Lipinski definition) is 2. The second-order valence-corrected chi connectivity index (χ2v) is 10.2. The van der Waals surface area contributed by atoms with Crippen LogP contribution in [0.25, 0.3) is 0 Å². The highest BCUT2D eigenvalue weighted by Gasteiger charge is 2.25. The molecule has 0 saturated carbocycles. The van der Waals surface area contributed by atoms with Crippen LogP contribution in [-0.4, -0.2) is 41.9 Å². The van der Waals surface area contributed by atoms with Crippen molar-refractivity contribution in [1.82, 2.24) is 10.6 Å². The largest absolute Gasteiger partial charge is 0.444 e. The molecule has 0 fully saturated rings. The summed E-state index contributed by atoms with van der Waals surface area (Å²) in [6.07, 6.45) is 4.28. The van der Waals surface area contributed by atoms with Gasteiger partial charge in [-0.1, -0.05) is 23.8 Å². The van der Waals surface area contributed by atoms with Crippen LogP contribution in [0.1, 0.15) is 43.9 Å². The Balaban J connectivity index is 2.71. The Morgan fingerprint density at radius 3 is 2.38 bits per heavy atom. The van der Waals surface area contributed by atoms with Gasteiger partial charge in [0.25, 0.3) is 0 Å². The van der Waals surface area contributed by atoms with Gasteiger partial charge in [-0.05, 0) is 56.6 Å². The Morgan fingerprint density at radius 1 is 1.19 bits per heavy atom. The van der Waals surface area contributed by atoms with E-state index in [4.69, 9.17) is 4.74 Å². The first-order valence-corrected chi connectivity index (χ1v) is 11.1. The van der Waals surface area contributed by atoms with Crippen molar-refractivity contribution >= 4 is 22.9 Å². The second kappa shape index (κ2) is 9.86. The number of carbonyl (C=O) groups is 2. The highest BCUT2D eigenvalue weighted by atomic mass is 32.2. The molecule has 0 radical (unpaired) electrons. The Kier molecular flexibility index (Phi) is 8.47. The molecule has 1 aromatic rings. The highest BCUT2D eigenvalue weighted by Crippen LogP contribution is 2.11. The number of carbonyl (C=O) groups excluding carboxylic acids is 2. The smallest absolute Gasteiger partial charge is 0.408 e. The van der Waals surface area contributed by atoms with Crippen molar-refractivity contribution in [3.63, 3.8) is 0 Å². The monoisotopic (exact) mass is 381 g/mol. The third-order valence-electron chi connectivity index (χ3n) is 3.77. The van der Waals surface area contributed by atoms with E-state index in [2.05, 4.69) is 29.2 Å². The second-order valence-electron chi connectivity index (χ2n) is 7.82. The summed E-state index contributed by atoms with van der Waals surface area (Å²) < 4.78 is 5.29. The van der Waals surface area contributed by atoms with Crippen LogP contribution in [-0.2, 0) is 27.0 Å². The van der Waals surface area contributed by atoms with Crippen LogP contribution in [0, 0.1) is 13.8 Å². The lowest BCUT2D eigenvalue weighted by Gasteiger charge is -2.23. The Bertz CT molecular complexity index is 624. The third-order valence-corrected chi connectivity index (χ3v) is 4.83. The fourth-order valence-electron chi connectivity index (χ4n) is 2.42. The van der Waals surface area contributed by atoms with E-state index in [1.165, 1.54) is 5.56 Å². The molecule has 0 bridgehead atoms. The van der Waals surface area contributed by atoms with E-state index >= 15 is 0 Å². The molecule has 1 aromatic carbocycles. The average molecular weight is 382 g/mol. The molecule has 0 saturated heterocycles. The summed E-state index contributed by atoms with van der Waals surface area (Å²) in [5.74, 6) is 0.693. The van der Waals surface area contributed by atoms with Crippen LogP contribution < -0.4 is 10.6 Å². The molecule has 1 atom stereocenters. The number of aryl methyl sites for hydroxylation is 2. The van der Waals surface area contributed by atoms with Gasteiger partial charge in [-0.3, -0.25) is 4.79 Å². The molecule has 5 nitrogen and oxygen atoms in total. The van der Waals surface area contributed by atoms with Crippen LogP contribution in [0.15, 0.2) is 18.2 Å². The molecule has 26 heavy (non-hydrogen) atoms. The van der Waals surface area contributed by atoms with Gasteiger partial charge in [0.2, 0.25) is 5.91 Å². The van der Waals surface area contributed by atoms with Crippen molar-refractivity contribution in [3.05, 3.63) is 34.9 Å². The third kappa shape index (κ3) is 8.61. The molecule has 146 valence electrons. The van der Waals surface area contributed by atoms with Gasteiger partial charge in [-0.15, -0.1) is 0 Å². The van der Waals surface area contributed by atoms with E-state index in [9.17, 15) is 9.59 Å². The molecule has 0 heterocycles. The molecule has 2 N–H and O–H groups in total. The van der Waals surface area contributed by atoms with Gasteiger partial charge in [-0.25, -0.2) is 4.79 Å². The predicted molar refractivity (Wildman–Crippen MR) is 110 cm³/mol. The van der Waals surface area contributed by atoms with Crippen molar-refractivity contribution < 1.29 is 14.3 Å². The first kappa shape index (κ1) is 22.4. The molecule has 0 aromatic heterocycles. The zero-order valence-electron chi connectivity index (χ0n) is 17.1. The van der Waals surface area contributed by atoms with Crippen LogP contribution >= 0.6 is 0 Å². The molecule has 0 spiro atoms. The minimum atomic E-state index is -0.593. The Morgan fingerprint density at radius 2 is 1.85 bits per heavy atom. The summed E-state index contributed by atoms with van der Waals surface area (Å²) in [5.41, 5.74) is 2.82. The van der Waals surface area contributed by atoms with Crippen molar-refractivity contribution in [2.45, 2.75) is 59.2 Å². The molecule has 0 aliphatic rings. The normalized spacial score (nSPS) is 12.6. The van der Waals surface area contributed by atoms with Crippen LogP contribution in [0.2, 0.25) is 0 Å². The molecule has 2 amide bonds. The number of hydrogen-bond acceptors (Lipinski definition) is 3. The summed E-state index contributed by atoms with van der Waals surface area (Å²) >= 11 is 0. The van der Waals surface area contributed by atoms with E-state index in [0.29, 0.717) is 13.0 Å². The van der Waals surface area contributed by atoms with E-state index in [0.717, 1.165) is 16.9 Å². The number of alkyl carbamates (subject to hydrolysis) is 1. The fourth-order valence-corrected chi connectivity index (χ4v) is 3.13. The molecule has 0 aliphatic heterocycles. The summed E-state index contributed by atoms with van der Waals surface area (Å²) in [5, 5.41) is 5.67. The summed E-state index contributed by atoms with van der Waals surface area (Å²) in [7, 11) is 0.195. The number of rotatable bonds is 7. The number of nitrogens with one attached hydrogen (secondary N) is 2. The number of benzene rings is 1. The van der Waals surface area contributed by atoms with E-state index in [-0.39, 0.29) is 16.8 Å². The van der Waals surface area contributed by atoms with Crippen LogP contribution in [0.3, 0.4) is 0 Å². The Hall–Kier alpha value is -1.69. The lowest BCUT2D eigenvalue weighted by Crippen LogP contribution is -2.48. The lowest BCUT2D eigenvalue weighted by atomic mass is 10.1. The quantitative estimate of drug-likeness (QED) is 0.713. The molecule has 0 aliphatic carbocycles. The topological polar surface area (TPSA) is 67.4 Å². The SMILES string of the molecule is Cc1ccc(CNC(=O)[C@H](CC[S+](C)C)NC(=O)OC(C)(C)C)c(C)c1. The summed E-state index contributed by atoms with van der Waals surface area (Å²) in [6, 6.07) is 5.56. The Labute approximate surface area is 160 Å². The number of ether oxygens (including phenoxy) is 1. The van der Waals surface area contributed by atoms with Crippen molar-refractivity contribution in [2.24, 2.45) is 0 Å². The van der Waals surface area contributed by atoms with E-state index in [1.807, 2.05) is 26.0 Å². The van der Waals surface area contributed by atoms with Gasteiger partial charge in [0.05, 0.1) is 12.5 Å². The van der Waals surface area contributed by atoms with Crippen molar-refractivity contribution in [3.8, 4) is 0 Å². The number of amides is 2. The van der Waals surface area contributed by atoms with Crippen LogP contribution in [0.5, 0.6) is 0 Å². The van der Waals surface area contributed by atoms with Gasteiger partial charge >= 0.3 is 6.09 Å². The van der Waals surface area contributed by atoms with Gasteiger partial charge in [0, 0.05) is 13.0 Å². The predicted octanol–water partition coefficient (Wildman–Crippen LogP) is 3.08. The zero-order valence-corrected chi connectivity index (χ0v) is 17.9. The first-order valence-electron chi connectivity index (χ1n) is 8.85. The van der Waals surface area contributed by atoms with Gasteiger partial charge in [0.15, 0.2) is 0 Å². The molecular weight excluding hydrogens is 348 g/mol. The average Bonchev–Trinajstić information content (AvgIpc) is 2.48. The first-order chi connectivity index (χ1) is 12.0. The fraction of sp³-hybridized carbons (Fsp3) is 0.600. The zero-order chi connectivity index (χ0) is 19.9. The van der Waals surface area contributed by atoms with E-state index < -0.39 is 17.7 Å². The highest BCUT2D eigenvalue weighted by molar-refractivity contribution is 7.95.